The van der Waals surface area contributed by atoms with Crippen molar-refractivity contribution in [2.24, 2.45) is 5.41 Å². The fourth-order valence-corrected chi connectivity index (χ4v) is 5.51. The number of carboxylic acids is 1. The molecule has 1 fully saturated rings. The van der Waals surface area contributed by atoms with Crippen LogP contribution < -0.4 is 4.90 Å². The maximum atomic E-state index is 14.6. The number of hydrogen-bond donors (Lipinski definition) is 1. The number of nitrogens with zero attached hydrogens (tertiary/aromatic N) is 3. The number of ether oxygens (including phenoxy) is 1. The van der Waals surface area contributed by atoms with E-state index in [1.807, 2.05) is 62.6 Å². The minimum absolute atomic E-state index is 0.198. The van der Waals surface area contributed by atoms with Gasteiger partial charge in [0.15, 0.2) is 6.10 Å². The van der Waals surface area contributed by atoms with Crippen molar-refractivity contribution in [2.75, 3.05) is 18.0 Å². The molecule has 1 saturated heterocycles. The molecule has 8 heteroatoms. The van der Waals surface area contributed by atoms with Gasteiger partial charge in [0.25, 0.3) is 0 Å². The van der Waals surface area contributed by atoms with Gasteiger partial charge in [0.2, 0.25) is 0 Å². The number of halogens is 2. The Morgan fingerprint density at radius 1 is 1.05 bits per heavy atom. The van der Waals surface area contributed by atoms with E-state index >= 15 is 0 Å². The lowest BCUT2D eigenvalue weighted by Gasteiger charge is -2.40. The molecular formula is C33H37F2N3O3. The topological polar surface area (TPSA) is 67.1 Å². The molecule has 41 heavy (non-hydrogen) atoms. The molecule has 0 radical (unpaired) electrons. The molecule has 0 aliphatic carbocycles. The molecule has 0 unspecified atom stereocenters. The Morgan fingerprint density at radius 2 is 1.73 bits per heavy atom. The Labute approximate surface area is 239 Å². The van der Waals surface area contributed by atoms with E-state index in [4.69, 9.17) is 9.72 Å². The number of fused-ring (bicyclic) bond motifs is 1. The van der Waals surface area contributed by atoms with Crippen LogP contribution in [0.5, 0.6) is 0 Å². The highest BCUT2D eigenvalue weighted by atomic mass is 19.1. The first-order chi connectivity index (χ1) is 19.2. The van der Waals surface area contributed by atoms with Crippen molar-refractivity contribution in [3.63, 3.8) is 0 Å². The average molecular weight is 562 g/mol. The van der Waals surface area contributed by atoms with Crippen molar-refractivity contribution < 1.29 is 23.4 Å². The first-order valence-electron chi connectivity index (χ1n) is 14.0. The molecular weight excluding hydrogens is 524 g/mol. The van der Waals surface area contributed by atoms with Gasteiger partial charge < -0.3 is 14.7 Å². The van der Waals surface area contributed by atoms with E-state index in [9.17, 15) is 18.7 Å². The lowest BCUT2D eigenvalue weighted by molar-refractivity contribution is -0.160. The molecule has 216 valence electrons. The maximum absolute atomic E-state index is 14.6. The zero-order chi connectivity index (χ0) is 29.7. The highest BCUT2D eigenvalue weighted by Crippen LogP contribution is 2.40. The minimum atomic E-state index is -1.17. The lowest BCUT2D eigenvalue weighted by atomic mass is 9.82. The van der Waals surface area contributed by atoms with Crippen LogP contribution in [-0.4, -0.2) is 39.2 Å². The number of pyridine rings is 1. The lowest BCUT2D eigenvalue weighted by Crippen LogP contribution is -2.40. The third-order valence-electron chi connectivity index (χ3n) is 7.75. The Bertz CT molecular complexity index is 1610. The van der Waals surface area contributed by atoms with Crippen LogP contribution in [0, 0.1) is 24.0 Å². The number of carbonyl (C=O) groups is 1. The van der Waals surface area contributed by atoms with Gasteiger partial charge in [-0.3, -0.25) is 4.40 Å². The molecule has 0 amide bonds. The number of aromatic nitrogens is 2. The summed E-state index contributed by atoms with van der Waals surface area (Å²) in [5, 5.41) is 10.3. The normalized spacial score (nSPS) is 16.2. The largest absolute Gasteiger partial charge is 0.479 e. The number of rotatable bonds is 6. The SMILES string of the molecule is Cc1cc2nc(-c3cccc(-c4ccc(F)cc4F)c3)cn2c(N2CCC(C)(C)CC2)c1[C@H](OC(C)(C)C)C(=O)O. The van der Waals surface area contributed by atoms with Gasteiger partial charge in [0, 0.05) is 42.0 Å². The Kier molecular flexibility index (Phi) is 7.40. The molecule has 2 aromatic heterocycles. The van der Waals surface area contributed by atoms with Gasteiger partial charge in [0.05, 0.1) is 11.3 Å². The fourth-order valence-electron chi connectivity index (χ4n) is 5.51. The second-order valence-electron chi connectivity index (χ2n) is 12.7. The molecule has 0 saturated carbocycles. The van der Waals surface area contributed by atoms with Gasteiger partial charge in [-0.1, -0.05) is 32.0 Å². The molecule has 2 aromatic carbocycles. The average Bonchev–Trinajstić information content (AvgIpc) is 3.30. The van der Waals surface area contributed by atoms with Crippen LogP contribution in [0.2, 0.25) is 0 Å². The zero-order valence-electron chi connectivity index (χ0n) is 24.5. The monoisotopic (exact) mass is 561 g/mol. The Hall–Kier alpha value is -3.78. The summed E-state index contributed by atoms with van der Waals surface area (Å²) in [5.41, 5.74) is 3.94. The fraction of sp³-hybridized carbons (Fsp3) is 0.394. The number of benzene rings is 2. The predicted octanol–water partition coefficient (Wildman–Crippen LogP) is 7.82. The molecule has 1 atom stereocenters. The van der Waals surface area contributed by atoms with Gasteiger partial charge in [-0.2, -0.15) is 0 Å². The van der Waals surface area contributed by atoms with E-state index in [0.717, 1.165) is 48.9 Å². The van der Waals surface area contributed by atoms with E-state index in [1.54, 1.807) is 6.07 Å². The zero-order valence-corrected chi connectivity index (χ0v) is 24.5. The number of aliphatic carboxylic acids is 1. The summed E-state index contributed by atoms with van der Waals surface area (Å²) < 4.78 is 36.2. The van der Waals surface area contributed by atoms with Crippen LogP contribution >= 0.6 is 0 Å². The highest BCUT2D eigenvalue weighted by Gasteiger charge is 2.35. The standard InChI is InChI=1S/C33H37F2N3O3/c1-20-16-27-36-26(22-9-7-8-21(17-22)24-11-10-23(34)18-25(24)35)19-38(27)30(37-14-12-33(5,6)13-15-37)28(20)29(31(39)40)41-32(2,3)4/h7-11,16-19,29H,12-15H2,1-6H3,(H,39,40)/t29-/m0/s1. The van der Waals surface area contributed by atoms with Crippen LogP contribution in [0.25, 0.3) is 28.0 Å². The van der Waals surface area contributed by atoms with Crippen molar-refractivity contribution in [3.05, 3.63) is 77.5 Å². The first kappa shape index (κ1) is 28.7. The van der Waals surface area contributed by atoms with Crippen LogP contribution in [-0.2, 0) is 9.53 Å². The molecule has 1 N–H and O–H groups in total. The van der Waals surface area contributed by atoms with E-state index in [2.05, 4.69) is 18.7 Å². The summed E-state index contributed by atoms with van der Waals surface area (Å²) in [4.78, 5) is 19.8. The summed E-state index contributed by atoms with van der Waals surface area (Å²) in [6, 6.07) is 12.8. The summed E-state index contributed by atoms with van der Waals surface area (Å²) in [6.45, 7) is 13.5. The smallest absolute Gasteiger partial charge is 0.337 e. The molecule has 0 spiro atoms. The summed E-state index contributed by atoms with van der Waals surface area (Å²) in [7, 11) is 0. The number of piperidine rings is 1. The van der Waals surface area contributed by atoms with Gasteiger partial charge in [-0.25, -0.2) is 18.6 Å². The minimum Gasteiger partial charge on any atom is -0.479 e. The summed E-state index contributed by atoms with van der Waals surface area (Å²) >= 11 is 0. The van der Waals surface area contributed by atoms with Crippen LogP contribution in [0.3, 0.4) is 0 Å². The van der Waals surface area contributed by atoms with Gasteiger partial charge in [0.1, 0.15) is 23.1 Å². The molecule has 1 aliphatic rings. The van der Waals surface area contributed by atoms with Gasteiger partial charge in [-0.05, 0) is 81.3 Å². The predicted molar refractivity (Wildman–Crippen MR) is 157 cm³/mol. The van der Waals surface area contributed by atoms with Gasteiger partial charge >= 0.3 is 5.97 Å². The number of carboxylic acid groups (broad SMARTS) is 1. The molecule has 6 nitrogen and oxygen atoms in total. The van der Waals surface area contributed by atoms with E-state index in [1.165, 1.54) is 12.1 Å². The van der Waals surface area contributed by atoms with Crippen molar-refractivity contribution in [2.45, 2.75) is 66.1 Å². The first-order valence-corrected chi connectivity index (χ1v) is 14.0. The van der Waals surface area contributed by atoms with Crippen LogP contribution in [0.4, 0.5) is 14.6 Å². The van der Waals surface area contributed by atoms with E-state index in [-0.39, 0.29) is 5.41 Å². The third-order valence-corrected chi connectivity index (χ3v) is 7.75. The quantitative estimate of drug-likeness (QED) is 0.260. The van der Waals surface area contributed by atoms with Crippen LogP contribution in [0.15, 0.2) is 54.7 Å². The molecule has 0 bridgehead atoms. The molecule has 1 aliphatic heterocycles. The molecule has 3 heterocycles. The Balaban J connectivity index is 1.68. The summed E-state index contributed by atoms with van der Waals surface area (Å²) in [6.07, 6.45) is 2.67. The van der Waals surface area contributed by atoms with Crippen molar-refractivity contribution in [1.29, 1.82) is 0 Å². The number of imidazole rings is 1. The second kappa shape index (κ2) is 10.6. The highest BCUT2D eigenvalue weighted by molar-refractivity contribution is 5.80. The third kappa shape index (κ3) is 5.98. The van der Waals surface area contributed by atoms with Gasteiger partial charge in [-0.15, -0.1) is 0 Å². The second-order valence-corrected chi connectivity index (χ2v) is 12.7. The van der Waals surface area contributed by atoms with E-state index < -0.39 is 29.3 Å². The number of hydrogen-bond acceptors (Lipinski definition) is 4. The van der Waals surface area contributed by atoms with Crippen LogP contribution in [0.1, 0.15) is 64.7 Å². The number of aryl methyl sites for hydroxylation is 1. The number of anilines is 1. The Morgan fingerprint density at radius 3 is 2.37 bits per heavy atom. The van der Waals surface area contributed by atoms with E-state index in [0.29, 0.717) is 28.0 Å². The van der Waals surface area contributed by atoms with Crippen molar-refractivity contribution >= 4 is 17.4 Å². The summed E-state index contributed by atoms with van der Waals surface area (Å²) in [5.74, 6) is -1.54. The molecule has 4 aromatic rings. The molecule has 5 rings (SSSR count). The van der Waals surface area contributed by atoms with Crippen molar-refractivity contribution in [3.8, 4) is 22.4 Å². The van der Waals surface area contributed by atoms with Crippen molar-refractivity contribution in [1.82, 2.24) is 9.38 Å². The maximum Gasteiger partial charge on any atom is 0.337 e.